The highest BCUT2D eigenvalue weighted by Gasteiger charge is 2.16. The highest BCUT2D eigenvalue weighted by Crippen LogP contribution is 2.26. The molecule has 0 radical (unpaired) electrons. The number of carbonyl (C=O) groups is 1. The number of nitrogens with zero attached hydrogens (tertiary/aromatic N) is 1. The molecule has 2 heterocycles. The van der Waals surface area contributed by atoms with E-state index in [1.54, 1.807) is 6.07 Å². The van der Waals surface area contributed by atoms with Crippen LogP contribution in [0, 0.1) is 13.8 Å². The summed E-state index contributed by atoms with van der Waals surface area (Å²) in [6.45, 7) is 5.78. The molecular weight excluding hydrogens is 270 g/mol. The third-order valence-corrected chi connectivity index (χ3v) is 3.22. The summed E-state index contributed by atoms with van der Waals surface area (Å²) in [5, 5.41) is 3.20. The van der Waals surface area contributed by atoms with Gasteiger partial charge in [-0.05, 0) is 39.0 Å². The Morgan fingerprint density at radius 3 is 2.71 bits per heavy atom. The SMILES string of the molecule is COC(=O)c1ccc(N)c(NC(C)c2cc(C)oc2C)n1. The van der Waals surface area contributed by atoms with Crippen LogP contribution in [0.2, 0.25) is 0 Å². The lowest BCUT2D eigenvalue weighted by atomic mass is 10.1. The van der Waals surface area contributed by atoms with E-state index in [0.29, 0.717) is 11.5 Å². The minimum Gasteiger partial charge on any atom is -0.466 e. The molecule has 0 saturated carbocycles. The number of nitrogens with two attached hydrogens (primary N) is 1. The van der Waals surface area contributed by atoms with Crippen molar-refractivity contribution >= 4 is 17.5 Å². The second-order valence-corrected chi connectivity index (χ2v) is 4.86. The lowest BCUT2D eigenvalue weighted by Crippen LogP contribution is -2.13. The molecule has 0 fully saturated rings. The first-order valence-corrected chi connectivity index (χ1v) is 6.60. The monoisotopic (exact) mass is 289 g/mol. The Hall–Kier alpha value is -2.50. The molecule has 1 atom stereocenters. The molecule has 0 aliphatic heterocycles. The second-order valence-electron chi connectivity index (χ2n) is 4.86. The Kier molecular flexibility index (Phi) is 4.16. The fourth-order valence-electron chi connectivity index (χ4n) is 2.17. The molecule has 1 unspecified atom stereocenters. The first-order valence-electron chi connectivity index (χ1n) is 6.60. The molecule has 6 heteroatoms. The molecule has 2 aromatic heterocycles. The van der Waals surface area contributed by atoms with E-state index in [1.807, 2.05) is 26.8 Å². The molecular formula is C15H19N3O3. The van der Waals surface area contributed by atoms with E-state index in [2.05, 4.69) is 15.0 Å². The fraction of sp³-hybridized carbons (Fsp3) is 0.333. The molecule has 3 N–H and O–H groups in total. The van der Waals surface area contributed by atoms with Gasteiger partial charge in [-0.25, -0.2) is 9.78 Å². The molecule has 0 aliphatic carbocycles. The zero-order valence-corrected chi connectivity index (χ0v) is 12.6. The first kappa shape index (κ1) is 14.9. The third kappa shape index (κ3) is 3.16. The Morgan fingerprint density at radius 2 is 2.14 bits per heavy atom. The van der Waals surface area contributed by atoms with Crippen LogP contribution in [0.1, 0.15) is 40.5 Å². The molecule has 0 spiro atoms. The summed E-state index contributed by atoms with van der Waals surface area (Å²) in [7, 11) is 1.31. The second kappa shape index (κ2) is 5.87. The van der Waals surface area contributed by atoms with Gasteiger partial charge in [-0.15, -0.1) is 0 Å². The van der Waals surface area contributed by atoms with Gasteiger partial charge < -0.3 is 20.2 Å². The maximum atomic E-state index is 11.5. The van der Waals surface area contributed by atoms with Crippen LogP contribution in [0.5, 0.6) is 0 Å². The largest absolute Gasteiger partial charge is 0.466 e. The van der Waals surface area contributed by atoms with Crippen molar-refractivity contribution in [3.05, 3.63) is 41.0 Å². The van der Waals surface area contributed by atoms with Crippen molar-refractivity contribution in [2.24, 2.45) is 0 Å². The number of methoxy groups -OCH3 is 1. The Balaban J connectivity index is 2.26. The van der Waals surface area contributed by atoms with E-state index < -0.39 is 5.97 Å². The van der Waals surface area contributed by atoms with Crippen molar-refractivity contribution in [1.82, 2.24) is 4.98 Å². The molecule has 6 nitrogen and oxygen atoms in total. The van der Waals surface area contributed by atoms with Crippen LogP contribution in [0.4, 0.5) is 11.5 Å². The van der Waals surface area contributed by atoms with E-state index >= 15 is 0 Å². The summed E-state index contributed by atoms with van der Waals surface area (Å²) in [6, 6.07) is 5.07. The minimum absolute atomic E-state index is 0.0508. The Bertz CT molecular complexity index is 664. The Labute approximate surface area is 123 Å². The number of hydrogen-bond acceptors (Lipinski definition) is 6. The van der Waals surface area contributed by atoms with Gasteiger partial charge in [0, 0.05) is 5.56 Å². The smallest absolute Gasteiger partial charge is 0.356 e. The highest BCUT2D eigenvalue weighted by molar-refractivity contribution is 5.88. The van der Waals surface area contributed by atoms with Gasteiger partial charge in [-0.1, -0.05) is 0 Å². The predicted molar refractivity (Wildman–Crippen MR) is 80.2 cm³/mol. The van der Waals surface area contributed by atoms with Gasteiger partial charge in [0.25, 0.3) is 0 Å². The summed E-state index contributed by atoms with van der Waals surface area (Å²) >= 11 is 0. The van der Waals surface area contributed by atoms with Crippen LogP contribution >= 0.6 is 0 Å². The number of carbonyl (C=O) groups excluding carboxylic acids is 1. The number of esters is 1. The Morgan fingerprint density at radius 1 is 1.43 bits per heavy atom. The van der Waals surface area contributed by atoms with Crippen LogP contribution in [0.25, 0.3) is 0 Å². The van der Waals surface area contributed by atoms with Crippen molar-refractivity contribution in [2.75, 3.05) is 18.2 Å². The number of rotatable bonds is 4. The number of anilines is 2. The molecule has 0 amide bonds. The fourth-order valence-corrected chi connectivity index (χ4v) is 2.17. The number of nitrogen functional groups attached to an aromatic ring is 1. The molecule has 2 aromatic rings. The number of hydrogen-bond donors (Lipinski definition) is 2. The number of ether oxygens (including phenoxy) is 1. The van der Waals surface area contributed by atoms with Gasteiger partial charge in [0.1, 0.15) is 11.5 Å². The quantitative estimate of drug-likeness (QED) is 0.841. The van der Waals surface area contributed by atoms with Crippen LogP contribution in [0.3, 0.4) is 0 Å². The maximum Gasteiger partial charge on any atom is 0.356 e. The highest BCUT2D eigenvalue weighted by atomic mass is 16.5. The topological polar surface area (TPSA) is 90.4 Å². The first-order chi connectivity index (χ1) is 9.92. The van der Waals surface area contributed by atoms with Crippen molar-refractivity contribution in [1.29, 1.82) is 0 Å². The van der Waals surface area contributed by atoms with Gasteiger partial charge in [-0.3, -0.25) is 0 Å². The molecule has 0 saturated heterocycles. The van der Waals surface area contributed by atoms with Crippen molar-refractivity contribution < 1.29 is 13.9 Å². The normalized spacial score (nSPS) is 12.0. The van der Waals surface area contributed by atoms with Gasteiger partial charge in [0.2, 0.25) is 0 Å². The summed E-state index contributed by atoms with van der Waals surface area (Å²) in [4.78, 5) is 15.7. The van der Waals surface area contributed by atoms with E-state index in [9.17, 15) is 4.79 Å². The summed E-state index contributed by atoms with van der Waals surface area (Å²) in [6.07, 6.45) is 0. The molecule has 0 aliphatic rings. The molecule has 21 heavy (non-hydrogen) atoms. The maximum absolute atomic E-state index is 11.5. The van der Waals surface area contributed by atoms with Crippen LogP contribution in [-0.4, -0.2) is 18.1 Å². The molecule has 112 valence electrons. The van der Waals surface area contributed by atoms with E-state index in [1.165, 1.54) is 13.2 Å². The molecule has 0 bridgehead atoms. The van der Waals surface area contributed by atoms with Crippen LogP contribution in [0.15, 0.2) is 22.6 Å². The van der Waals surface area contributed by atoms with E-state index in [4.69, 9.17) is 10.2 Å². The number of pyridine rings is 1. The minimum atomic E-state index is -0.499. The average molecular weight is 289 g/mol. The predicted octanol–water partition coefficient (Wildman–Crippen LogP) is 2.83. The van der Waals surface area contributed by atoms with Crippen LogP contribution in [-0.2, 0) is 4.74 Å². The number of aryl methyl sites for hydroxylation is 2. The van der Waals surface area contributed by atoms with Gasteiger partial charge in [0.15, 0.2) is 11.5 Å². The van der Waals surface area contributed by atoms with Gasteiger partial charge in [-0.2, -0.15) is 0 Å². The number of aromatic nitrogens is 1. The average Bonchev–Trinajstić information content (AvgIpc) is 2.79. The third-order valence-electron chi connectivity index (χ3n) is 3.22. The van der Waals surface area contributed by atoms with Crippen molar-refractivity contribution in [3.8, 4) is 0 Å². The van der Waals surface area contributed by atoms with E-state index in [-0.39, 0.29) is 11.7 Å². The van der Waals surface area contributed by atoms with Crippen molar-refractivity contribution in [2.45, 2.75) is 26.8 Å². The zero-order valence-electron chi connectivity index (χ0n) is 12.6. The summed E-state index contributed by atoms with van der Waals surface area (Å²) in [5.41, 5.74) is 7.60. The molecule has 0 aromatic carbocycles. The van der Waals surface area contributed by atoms with Crippen molar-refractivity contribution in [3.63, 3.8) is 0 Å². The lowest BCUT2D eigenvalue weighted by molar-refractivity contribution is 0.0594. The zero-order chi connectivity index (χ0) is 15.6. The lowest BCUT2D eigenvalue weighted by Gasteiger charge is -2.16. The van der Waals surface area contributed by atoms with Gasteiger partial charge >= 0.3 is 5.97 Å². The number of nitrogens with one attached hydrogen (secondary N) is 1. The van der Waals surface area contributed by atoms with E-state index in [0.717, 1.165) is 17.1 Å². The molecule has 2 rings (SSSR count). The standard InChI is InChI=1S/C15H19N3O3/c1-8-7-11(10(3)21-8)9(2)17-14-12(16)5-6-13(18-14)15(19)20-4/h5-7,9H,16H2,1-4H3,(H,17,18). The van der Waals surface area contributed by atoms with Crippen LogP contribution < -0.4 is 11.1 Å². The summed E-state index contributed by atoms with van der Waals surface area (Å²) in [5.74, 6) is 1.64. The van der Waals surface area contributed by atoms with Gasteiger partial charge in [0.05, 0.1) is 18.8 Å². The summed E-state index contributed by atoms with van der Waals surface area (Å²) < 4.78 is 10.2. The number of furan rings is 1.